The molecule has 2 atom stereocenters. The summed E-state index contributed by atoms with van der Waals surface area (Å²) in [5.41, 5.74) is 0.978. The molecule has 48 heavy (non-hydrogen) atoms. The molecule has 1 saturated heterocycles. The first-order valence-corrected chi connectivity index (χ1v) is 16.5. The van der Waals surface area contributed by atoms with E-state index in [1.54, 1.807) is 30.0 Å². The third-order valence-electron chi connectivity index (χ3n) is 9.09. The van der Waals surface area contributed by atoms with Gasteiger partial charge in [-0.25, -0.2) is 13.4 Å². The minimum atomic E-state index is -4.82. The van der Waals surface area contributed by atoms with Crippen LogP contribution in [0.3, 0.4) is 0 Å². The van der Waals surface area contributed by atoms with Gasteiger partial charge in [0, 0.05) is 44.0 Å². The molecule has 1 aromatic carbocycles. The summed E-state index contributed by atoms with van der Waals surface area (Å²) in [4.78, 5) is 17.3. The van der Waals surface area contributed by atoms with Crippen molar-refractivity contribution >= 4 is 27.5 Å². The van der Waals surface area contributed by atoms with E-state index in [1.807, 2.05) is 0 Å². The maximum absolute atomic E-state index is 14.1. The predicted molar refractivity (Wildman–Crippen MR) is 160 cm³/mol. The minimum Gasteiger partial charge on any atom is -0.481 e. The molecule has 0 amide bonds. The van der Waals surface area contributed by atoms with Crippen LogP contribution in [0.5, 0.6) is 0 Å². The average Bonchev–Trinajstić information content (AvgIpc) is 3.43. The van der Waals surface area contributed by atoms with Gasteiger partial charge in [0.1, 0.15) is 10.7 Å². The maximum Gasteiger partial charge on any atom is 0.452 e. The van der Waals surface area contributed by atoms with Gasteiger partial charge in [0.2, 0.25) is 15.8 Å². The van der Waals surface area contributed by atoms with Gasteiger partial charge in [-0.05, 0) is 73.1 Å². The number of carboxylic acid groups (broad SMARTS) is 1. The standard InChI is InChI=1S/C31H30F6N6O4S/c1-17-6-7-19(24(13-26(44)45)23-8-10-43-27(18(23)2)39-40-29(43)31(35,36)37)11-20(17)15-41-16-22-5-3-4-9-42(22)28-25(48(41,46)47)12-21(14-38-28)30(32,33)34/h6-8,10-12,14,22,24H,3-5,9,13,15-16H2,1-2H3,(H,44,45)/t22-,24-/m0/s1. The number of hydrogen-bond acceptors (Lipinski definition) is 7. The summed E-state index contributed by atoms with van der Waals surface area (Å²) in [6, 6.07) is 6.66. The molecule has 5 heterocycles. The highest BCUT2D eigenvalue weighted by atomic mass is 32.2. The Bertz CT molecular complexity index is 2010. The summed E-state index contributed by atoms with van der Waals surface area (Å²) in [6.07, 6.45) is -6.13. The smallest absolute Gasteiger partial charge is 0.452 e. The third-order valence-corrected chi connectivity index (χ3v) is 10.9. The van der Waals surface area contributed by atoms with E-state index >= 15 is 0 Å². The Morgan fingerprint density at radius 2 is 1.79 bits per heavy atom. The van der Waals surface area contributed by atoms with Crippen molar-refractivity contribution in [2.75, 3.05) is 18.0 Å². The molecule has 256 valence electrons. The largest absolute Gasteiger partial charge is 0.481 e. The second-order valence-corrected chi connectivity index (χ2v) is 14.0. The zero-order valence-electron chi connectivity index (χ0n) is 25.7. The molecule has 3 aromatic heterocycles. The zero-order valence-corrected chi connectivity index (χ0v) is 26.5. The first-order chi connectivity index (χ1) is 22.5. The fraction of sp³-hybridized carbons (Fsp3) is 0.419. The summed E-state index contributed by atoms with van der Waals surface area (Å²) in [5.74, 6) is -3.30. The number of carboxylic acids is 1. The lowest BCUT2D eigenvalue weighted by molar-refractivity contribution is -0.145. The molecule has 2 aliphatic heterocycles. The van der Waals surface area contributed by atoms with Gasteiger partial charge in [0.25, 0.3) is 0 Å². The van der Waals surface area contributed by atoms with Gasteiger partial charge in [-0.1, -0.05) is 18.2 Å². The van der Waals surface area contributed by atoms with E-state index in [2.05, 4.69) is 15.2 Å². The molecule has 0 spiro atoms. The fourth-order valence-electron chi connectivity index (χ4n) is 6.61. The second-order valence-electron chi connectivity index (χ2n) is 12.1. The van der Waals surface area contributed by atoms with Crippen molar-refractivity contribution in [2.45, 2.75) is 75.3 Å². The van der Waals surface area contributed by atoms with Gasteiger partial charge in [0.15, 0.2) is 5.65 Å². The van der Waals surface area contributed by atoms with Crippen LogP contribution in [0.15, 0.2) is 47.6 Å². The van der Waals surface area contributed by atoms with E-state index in [9.17, 15) is 44.7 Å². The topological polar surface area (TPSA) is 121 Å². The minimum absolute atomic E-state index is 0.00748. The zero-order chi connectivity index (χ0) is 34.8. The van der Waals surface area contributed by atoms with Crippen molar-refractivity contribution in [1.82, 2.24) is 23.9 Å². The number of sulfonamides is 1. The summed E-state index contributed by atoms with van der Waals surface area (Å²) < 4.78 is 112. The number of rotatable bonds is 6. The molecule has 0 aliphatic carbocycles. The number of piperidine rings is 1. The van der Waals surface area contributed by atoms with Crippen LogP contribution in [0.1, 0.15) is 70.8 Å². The first-order valence-electron chi connectivity index (χ1n) is 15.0. The van der Waals surface area contributed by atoms with Gasteiger partial charge in [-0.15, -0.1) is 10.2 Å². The highest BCUT2D eigenvalue weighted by molar-refractivity contribution is 7.89. The van der Waals surface area contributed by atoms with E-state index in [0.29, 0.717) is 47.5 Å². The van der Waals surface area contributed by atoms with Crippen molar-refractivity contribution in [1.29, 1.82) is 0 Å². The monoisotopic (exact) mass is 696 g/mol. The lowest BCUT2D eigenvalue weighted by Crippen LogP contribution is -2.45. The molecular weight excluding hydrogens is 666 g/mol. The summed E-state index contributed by atoms with van der Waals surface area (Å²) in [5, 5.41) is 16.8. The van der Waals surface area contributed by atoms with Crippen LogP contribution in [0.4, 0.5) is 32.2 Å². The van der Waals surface area contributed by atoms with Crippen LogP contribution in [0, 0.1) is 13.8 Å². The quantitative estimate of drug-likeness (QED) is 0.246. The molecule has 2 aliphatic rings. The number of aryl methyl sites for hydroxylation is 2. The highest BCUT2D eigenvalue weighted by Gasteiger charge is 2.42. The third kappa shape index (κ3) is 6.08. The van der Waals surface area contributed by atoms with Crippen LogP contribution < -0.4 is 4.90 Å². The molecule has 1 N–H and O–H groups in total. The van der Waals surface area contributed by atoms with Crippen molar-refractivity contribution < 1.29 is 44.7 Å². The number of aromatic nitrogens is 4. The number of halogens is 6. The Kier molecular flexibility index (Phi) is 8.42. The molecule has 10 nitrogen and oxygen atoms in total. The summed E-state index contributed by atoms with van der Waals surface area (Å²) >= 11 is 0. The highest BCUT2D eigenvalue weighted by Crippen LogP contribution is 2.40. The maximum atomic E-state index is 14.1. The number of aliphatic carboxylic acids is 1. The lowest BCUT2D eigenvalue weighted by atomic mass is 9.85. The molecule has 0 unspecified atom stereocenters. The van der Waals surface area contributed by atoms with Crippen molar-refractivity contribution in [3.8, 4) is 0 Å². The van der Waals surface area contributed by atoms with Crippen molar-refractivity contribution in [3.05, 3.63) is 81.9 Å². The number of carbonyl (C=O) groups is 1. The molecule has 0 radical (unpaired) electrons. The van der Waals surface area contributed by atoms with Gasteiger partial charge in [-0.2, -0.15) is 30.6 Å². The van der Waals surface area contributed by atoms with E-state index in [4.69, 9.17) is 0 Å². The number of nitrogens with zero attached hydrogens (tertiary/aromatic N) is 6. The Labute approximate surface area is 271 Å². The van der Waals surface area contributed by atoms with Crippen LogP contribution in [-0.2, 0) is 33.7 Å². The average molecular weight is 697 g/mol. The molecule has 4 aromatic rings. The number of fused-ring (bicyclic) bond motifs is 4. The molecular formula is C31H30F6N6O4S. The molecule has 17 heteroatoms. The number of benzene rings is 1. The number of hydrogen-bond donors (Lipinski definition) is 1. The van der Waals surface area contributed by atoms with Crippen LogP contribution in [-0.4, -0.2) is 62.5 Å². The number of pyridine rings is 2. The molecule has 6 rings (SSSR count). The lowest BCUT2D eigenvalue weighted by Gasteiger charge is -2.36. The van der Waals surface area contributed by atoms with Crippen LogP contribution in [0.2, 0.25) is 0 Å². The van der Waals surface area contributed by atoms with E-state index < -0.39 is 57.0 Å². The Balaban J connectivity index is 1.42. The summed E-state index contributed by atoms with van der Waals surface area (Å²) in [7, 11) is -4.50. The predicted octanol–water partition coefficient (Wildman–Crippen LogP) is 5.95. The van der Waals surface area contributed by atoms with Crippen molar-refractivity contribution in [3.63, 3.8) is 0 Å². The number of anilines is 1. The fourth-order valence-corrected chi connectivity index (χ4v) is 8.24. The van der Waals surface area contributed by atoms with E-state index in [1.165, 1.54) is 13.0 Å². The van der Waals surface area contributed by atoms with Gasteiger partial charge in [-0.3, -0.25) is 9.20 Å². The Hall–Kier alpha value is -4.25. The Morgan fingerprint density at radius 1 is 1.04 bits per heavy atom. The Morgan fingerprint density at radius 3 is 2.48 bits per heavy atom. The van der Waals surface area contributed by atoms with Crippen LogP contribution >= 0.6 is 0 Å². The van der Waals surface area contributed by atoms with Gasteiger partial charge >= 0.3 is 18.3 Å². The van der Waals surface area contributed by atoms with Gasteiger partial charge < -0.3 is 10.0 Å². The second kappa shape index (κ2) is 12.0. The van der Waals surface area contributed by atoms with Gasteiger partial charge in [0.05, 0.1) is 12.0 Å². The summed E-state index contributed by atoms with van der Waals surface area (Å²) in [6.45, 7) is 3.45. The van der Waals surface area contributed by atoms with Crippen LogP contribution in [0.25, 0.3) is 5.65 Å². The first kappa shape index (κ1) is 33.6. The van der Waals surface area contributed by atoms with E-state index in [0.717, 1.165) is 27.7 Å². The van der Waals surface area contributed by atoms with Crippen molar-refractivity contribution in [2.24, 2.45) is 0 Å². The SMILES string of the molecule is Cc1ccc([C@H](CC(=O)O)c2ccn3c(C(F)(F)F)nnc3c2C)cc1CN1C[C@@H]2CCCCN2c2ncc(C(F)(F)F)cc2S1(=O)=O. The number of alkyl halides is 6. The molecule has 0 bridgehead atoms. The molecule has 1 fully saturated rings. The molecule has 0 saturated carbocycles. The van der Waals surface area contributed by atoms with E-state index in [-0.39, 0.29) is 36.2 Å². The normalized spacial score (nSPS) is 19.1.